The largest absolute Gasteiger partial charge is 0.461 e. The highest BCUT2D eigenvalue weighted by Crippen LogP contribution is 2.42. The predicted octanol–water partition coefficient (Wildman–Crippen LogP) is 5.22. The molecule has 0 heterocycles. The molecule has 0 aromatic heterocycles. The Labute approximate surface area is 245 Å². The second-order valence-electron chi connectivity index (χ2n) is 15.2. The molecule has 0 radical (unpaired) electrons. The molecule has 2 unspecified atom stereocenters. The minimum atomic E-state index is -2.73. The van der Waals surface area contributed by atoms with E-state index in [0.717, 1.165) is 12.5 Å². The van der Waals surface area contributed by atoms with Crippen molar-refractivity contribution in [2.24, 2.45) is 0 Å². The van der Waals surface area contributed by atoms with E-state index in [1.807, 2.05) is 0 Å². The zero-order valence-electron chi connectivity index (χ0n) is 27.5. The van der Waals surface area contributed by atoms with E-state index in [-0.39, 0.29) is 5.16 Å². The highest BCUT2D eigenvalue weighted by atomic mass is 28.5. The summed E-state index contributed by atoms with van der Waals surface area (Å²) in [6.45, 7) is 38.4. The molecule has 0 rings (SSSR count). The van der Waals surface area contributed by atoms with E-state index in [9.17, 15) is 0 Å². The molecule has 2 atom stereocenters. The molecule has 0 spiro atoms. The van der Waals surface area contributed by atoms with E-state index in [1.54, 1.807) is 0 Å². The first-order valence-corrected chi connectivity index (χ1v) is 39.5. The van der Waals surface area contributed by atoms with Crippen LogP contribution in [0.3, 0.4) is 0 Å². The minimum absolute atomic E-state index is 0.145. The molecule has 0 aliphatic rings. The molecule has 0 aromatic carbocycles. The van der Waals surface area contributed by atoms with E-state index in [4.69, 9.17) is 28.8 Å². The molecule has 0 saturated carbocycles. The van der Waals surface area contributed by atoms with Crippen molar-refractivity contribution in [3.63, 3.8) is 0 Å². The summed E-state index contributed by atoms with van der Waals surface area (Å²) in [4.78, 5) is 0. The van der Waals surface area contributed by atoms with Crippen LogP contribution >= 0.6 is 0 Å². The van der Waals surface area contributed by atoms with Crippen LogP contribution in [0.25, 0.3) is 0 Å². The van der Waals surface area contributed by atoms with Gasteiger partial charge in [-0.1, -0.05) is 0 Å². The topological polar surface area (TPSA) is 64.6 Å². The van der Waals surface area contributed by atoms with Gasteiger partial charge in [0.25, 0.3) is 20.0 Å². The summed E-state index contributed by atoms with van der Waals surface area (Å²) in [5.74, 6) is 0. The lowest BCUT2D eigenvalue weighted by Crippen LogP contribution is -2.64. The lowest BCUT2D eigenvalue weighted by Gasteiger charge is -2.48. The van der Waals surface area contributed by atoms with Crippen molar-refractivity contribution in [1.29, 1.82) is 0 Å². The Balaban J connectivity index is 6.44. The van der Waals surface area contributed by atoms with Crippen LogP contribution in [-0.2, 0) is 28.8 Å². The van der Waals surface area contributed by atoms with Gasteiger partial charge in [0.15, 0.2) is 41.6 Å². The lowest BCUT2D eigenvalue weighted by atomic mass is 10.6. The summed E-state index contributed by atoms with van der Waals surface area (Å²) in [6, 6.07) is 1.09. The Morgan fingerprint density at radius 2 is 0.757 bits per heavy atom. The summed E-state index contributed by atoms with van der Waals surface area (Å²) < 4.78 is 47.1. The van der Waals surface area contributed by atoms with E-state index in [0.29, 0.717) is 0 Å². The first kappa shape index (κ1) is 38.9. The fourth-order valence-corrected chi connectivity index (χ4v) is 36.4. The Bertz CT molecular complexity index is 625. The van der Waals surface area contributed by atoms with Crippen LogP contribution in [0.4, 0.5) is 0 Å². The number of rotatable bonds is 19. The summed E-state index contributed by atoms with van der Waals surface area (Å²) in [6.07, 6.45) is 0.986. The first-order chi connectivity index (χ1) is 16.2. The van der Waals surface area contributed by atoms with Crippen LogP contribution in [0.2, 0.25) is 123 Å². The predicted molar refractivity (Wildman–Crippen MR) is 186 cm³/mol. The highest BCUT2D eigenvalue weighted by molar-refractivity contribution is 6.97. The molecule has 0 amide bonds. The van der Waals surface area contributed by atoms with Gasteiger partial charge in [0.2, 0.25) is 0 Å². The van der Waals surface area contributed by atoms with Crippen LogP contribution in [0.1, 0.15) is 6.42 Å². The van der Waals surface area contributed by atoms with E-state index < -0.39 is 88.5 Å². The second kappa shape index (κ2) is 14.9. The van der Waals surface area contributed by atoms with Gasteiger partial charge in [0.05, 0.1) is 0 Å². The van der Waals surface area contributed by atoms with Crippen molar-refractivity contribution < 1.29 is 28.8 Å². The van der Waals surface area contributed by atoms with Gasteiger partial charge in [-0.05, 0) is 124 Å². The molecule has 17 heteroatoms. The van der Waals surface area contributed by atoms with Gasteiger partial charge in [-0.25, -0.2) is 0 Å². The molecule has 0 aliphatic heterocycles. The average molecular weight is 696 g/mol. The summed E-state index contributed by atoms with van der Waals surface area (Å²) in [5, 5.41) is 0.145. The van der Waals surface area contributed by atoms with Gasteiger partial charge in [0, 0.05) is 5.16 Å². The maximum absolute atomic E-state index is 7.09. The number of hydrogen-bond donors (Lipinski definition) is 0. The quantitative estimate of drug-likeness (QED) is 0.136. The molecule has 224 valence electrons. The van der Waals surface area contributed by atoms with Crippen molar-refractivity contribution in [2.45, 2.75) is 129 Å². The van der Waals surface area contributed by atoms with Crippen LogP contribution in [-0.4, -0.2) is 88.5 Å². The third kappa shape index (κ3) is 19.6. The molecule has 37 heavy (non-hydrogen) atoms. The molecule has 0 saturated heterocycles. The third-order valence-electron chi connectivity index (χ3n) is 5.13. The number of hydrogen-bond acceptors (Lipinski definition) is 7. The lowest BCUT2D eigenvalue weighted by molar-refractivity contribution is 0.317. The minimum Gasteiger partial charge on any atom is -0.461 e. The molecule has 0 N–H and O–H groups in total. The fraction of sp³-hybridized carbons (Fsp3) is 1.00. The zero-order chi connectivity index (χ0) is 29.6. The van der Waals surface area contributed by atoms with Crippen molar-refractivity contribution in [2.75, 3.05) is 0 Å². The smallest absolute Gasteiger partial charge is 0.320 e. The van der Waals surface area contributed by atoms with E-state index >= 15 is 0 Å². The fourth-order valence-electron chi connectivity index (χ4n) is 3.93. The van der Waals surface area contributed by atoms with E-state index in [2.05, 4.69) is 111 Å². The first-order valence-electron chi connectivity index (χ1n) is 13.8. The molecule has 0 bridgehead atoms. The zero-order valence-corrected chi connectivity index (χ0v) is 38.7. The standard InChI is InChI=1S/C20H62O7Si10/c1-31(2,3)21-28-19-18-20(36(16,26-34(10,11)12)24-29-22-32(4,5)6)37(17,27-35(13,14)15)25-30-23-33(7,8)9/h20H,18-19,28-30H2,1-17H3. The molecule has 0 aromatic rings. The Morgan fingerprint density at radius 1 is 0.432 bits per heavy atom. The monoisotopic (exact) mass is 694 g/mol. The summed E-state index contributed by atoms with van der Waals surface area (Å²) in [5.41, 5.74) is 0. The Kier molecular flexibility index (Phi) is 15.6. The van der Waals surface area contributed by atoms with Crippen molar-refractivity contribution in [1.82, 2.24) is 0 Å². The van der Waals surface area contributed by atoms with Crippen LogP contribution in [0, 0.1) is 0 Å². The van der Waals surface area contributed by atoms with Gasteiger partial charge in [-0.2, -0.15) is 0 Å². The van der Waals surface area contributed by atoms with Crippen molar-refractivity contribution in [3.05, 3.63) is 0 Å². The van der Waals surface area contributed by atoms with Crippen molar-refractivity contribution in [3.8, 4) is 0 Å². The Morgan fingerprint density at radius 3 is 1.03 bits per heavy atom. The van der Waals surface area contributed by atoms with Gasteiger partial charge < -0.3 is 28.8 Å². The van der Waals surface area contributed by atoms with Crippen LogP contribution in [0.5, 0.6) is 0 Å². The van der Waals surface area contributed by atoms with Gasteiger partial charge in [-0.15, -0.1) is 0 Å². The van der Waals surface area contributed by atoms with Crippen LogP contribution < -0.4 is 0 Å². The molecule has 0 fully saturated rings. The molecule has 7 nitrogen and oxygen atoms in total. The molecule has 0 aliphatic carbocycles. The maximum atomic E-state index is 7.09. The van der Waals surface area contributed by atoms with Crippen molar-refractivity contribution >= 4 is 88.5 Å². The Hall–Kier alpha value is 1.89. The van der Waals surface area contributed by atoms with Gasteiger partial charge in [0.1, 0.15) is 9.76 Å². The normalized spacial score (nSPS) is 19.4. The molecular formula is C20H62O7Si10. The van der Waals surface area contributed by atoms with Crippen LogP contribution in [0.15, 0.2) is 0 Å². The third-order valence-corrected chi connectivity index (χ3v) is 37.9. The SMILES string of the molecule is C[Si](C)(C)O[SiH2]CCC([Si](C)(O[SiH2]O[Si](C)(C)C)O[Si](C)(C)C)[Si](C)(O[SiH2]O[Si](C)(C)C)O[Si](C)(C)C. The van der Waals surface area contributed by atoms with Gasteiger partial charge in [-0.3, -0.25) is 0 Å². The molecular weight excluding hydrogens is 633 g/mol. The summed E-state index contributed by atoms with van der Waals surface area (Å²) >= 11 is 0. The second-order valence-corrected chi connectivity index (χ2v) is 51.3. The van der Waals surface area contributed by atoms with E-state index in [1.165, 1.54) is 0 Å². The summed E-state index contributed by atoms with van der Waals surface area (Å²) in [7, 11) is -17.2. The maximum Gasteiger partial charge on any atom is 0.320 e. The van der Waals surface area contributed by atoms with Gasteiger partial charge >= 0.3 is 17.1 Å². The highest BCUT2D eigenvalue weighted by Gasteiger charge is 2.57. The average Bonchev–Trinajstić information content (AvgIpc) is 2.54.